The molecular weight excluding hydrogens is 518 g/mol. The molecule has 3 N–H and O–H groups in total. The summed E-state index contributed by atoms with van der Waals surface area (Å²) in [5.41, 5.74) is 5.06. The van der Waals surface area contributed by atoms with E-state index in [2.05, 4.69) is 20.9 Å². The van der Waals surface area contributed by atoms with Crippen LogP contribution in [-0.2, 0) is 4.79 Å². The Morgan fingerprint density at radius 1 is 0.921 bits per heavy atom. The molecule has 2 aliphatic rings. The first-order chi connectivity index (χ1) is 18.4. The smallest absolute Gasteiger partial charge is 0.323 e. The number of allylic oxidation sites excluding steroid dienone is 1. The van der Waals surface area contributed by atoms with Gasteiger partial charge in [-0.1, -0.05) is 59.8 Å². The summed E-state index contributed by atoms with van der Waals surface area (Å²) in [6.45, 7) is 4.58. The van der Waals surface area contributed by atoms with E-state index < -0.39 is 0 Å². The van der Waals surface area contributed by atoms with Crippen molar-refractivity contribution in [2.24, 2.45) is 4.99 Å². The molecular formula is C29H28ClN5O2S. The van der Waals surface area contributed by atoms with Crippen LogP contribution >= 0.6 is 23.4 Å². The number of amidine groups is 1. The molecule has 3 aromatic rings. The number of halogens is 1. The number of para-hydroxylation sites is 1. The summed E-state index contributed by atoms with van der Waals surface area (Å²) in [4.78, 5) is 33.3. The number of aliphatic imine (C=N–C) groups is 1. The van der Waals surface area contributed by atoms with Gasteiger partial charge in [0.25, 0.3) is 5.91 Å². The number of carbonyl (C=O) groups is 2. The molecule has 0 bridgehead atoms. The second-order valence-corrected chi connectivity index (χ2v) is 10.6. The van der Waals surface area contributed by atoms with Crippen LogP contribution in [0.1, 0.15) is 30.5 Å². The molecule has 5 rings (SSSR count). The quantitative estimate of drug-likeness (QED) is 0.320. The number of anilines is 3. The SMILES string of the molecule is CC1=C(C(=O)Nc2ccccc2)C(c2cccc(NC(=O)Nc3ccc(C)c(Cl)c3)c2)N2CCCSC2=N1. The van der Waals surface area contributed by atoms with Crippen LogP contribution in [0.25, 0.3) is 0 Å². The van der Waals surface area contributed by atoms with Gasteiger partial charge in [-0.3, -0.25) is 4.79 Å². The number of nitrogens with zero attached hydrogens (tertiary/aromatic N) is 2. The minimum atomic E-state index is -0.379. The van der Waals surface area contributed by atoms with Crippen LogP contribution in [0.3, 0.4) is 0 Å². The van der Waals surface area contributed by atoms with Crippen molar-refractivity contribution in [2.45, 2.75) is 26.3 Å². The van der Waals surface area contributed by atoms with Gasteiger partial charge >= 0.3 is 6.03 Å². The van der Waals surface area contributed by atoms with E-state index in [0.29, 0.717) is 27.7 Å². The summed E-state index contributed by atoms with van der Waals surface area (Å²) in [5.74, 6) is 0.801. The average molecular weight is 546 g/mol. The normalized spacial score (nSPS) is 16.9. The number of amides is 3. The van der Waals surface area contributed by atoms with Crippen molar-refractivity contribution in [2.75, 3.05) is 28.2 Å². The van der Waals surface area contributed by atoms with Gasteiger partial charge in [-0.2, -0.15) is 0 Å². The summed E-state index contributed by atoms with van der Waals surface area (Å²) < 4.78 is 0. The Morgan fingerprint density at radius 3 is 2.42 bits per heavy atom. The number of benzene rings is 3. The number of rotatable bonds is 5. The van der Waals surface area contributed by atoms with E-state index >= 15 is 0 Å². The van der Waals surface area contributed by atoms with Crippen molar-refractivity contribution in [3.05, 3.63) is 100 Å². The van der Waals surface area contributed by atoms with Crippen molar-refractivity contribution in [3.63, 3.8) is 0 Å². The highest BCUT2D eigenvalue weighted by molar-refractivity contribution is 8.13. The van der Waals surface area contributed by atoms with Crippen LogP contribution < -0.4 is 16.0 Å². The van der Waals surface area contributed by atoms with Crippen LogP contribution in [0.15, 0.2) is 89.1 Å². The Balaban J connectivity index is 1.42. The van der Waals surface area contributed by atoms with E-state index in [1.54, 1.807) is 23.9 Å². The Labute approximate surface area is 231 Å². The monoisotopic (exact) mass is 545 g/mol. The maximum absolute atomic E-state index is 13.6. The fraction of sp³-hybridized carbons (Fsp3) is 0.207. The molecule has 0 radical (unpaired) electrons. The third-order valence-corrected chi connectivity index (χ3v) is 7.91. The number of thioether (sulfide) groups is 1. The van der Waals surface area contributed by atoms with Crippen molar-refractivity contribution in [1.29, 1.82) is 0 Å². The van der Waals surface area contributed by atoms with E-state index in [9.17, 15) is 9.59 Å². The van der Waals surface area contributed by atoms with Gasteiger partial charge in [0.05, 0.1) is 17.3 Å². The molecule has 0 aliphatic carbocycles. The zero-order chi connectivity index (χ0) is 26.6. The zero-order valence-electron chi connectivity index (χ0n) is 21.1. The minimum absolute atomic E-state index is 0.190. The summed E-state index contributed by atoms with van der Waals surface area (Å²) >= 11 is 7.90. The Kier molecular flexibility index (Phi) is 7.72. The lowest BCUT2D eigenvalue weighted by Crippen LogP contribution is -2.43. The Hall–Kier alpha value is -3.75. The number of hydrogen-bond donors (Lipinski definition) is 3. The molecule has 0 aromatic heterocycles. The molecule has 2 heterocycles. The van der Waals surface area contributed by atoms with Gasteiger partial charge in [0.1, 0.15) is 0 Å². The number of fused-ring (bicyclic) bond motifs is 1. The number of aryl methyl sites for hydroxylation is 1. The number of urea groups is 1. The molecule has 0 saturated carbocycles. The molecule has 9 heteroatoms. The van der Waals surface area contributed by atoms with Gasteiger partial charge in [0.2, 0.25) is 0 Å². The van der Waals surface area contributed by atoms with Gasteiger partial charge in [-0.25, -0.2) is 9.79 Å². The van der Waals surface area contributed by atoms with Gasteiger partial charge in [-0.15, -0.1) is 0 Å². The molecule has 1 unspecified atom stereocenters. The van der Waals surface area contributed by atoms with Crippen molar-refractivity contribution in [3.8, 4) is 0 Å². The standard InChI is InChI=1S/C29H28ClN5O2S/c1-18-12-13-23(17-24(18)30)34-28(37)33-22-11-6-8-20(16-22)26-25(27(36)32-21-9-4-3-5-10-21)19(2)31-29-35(26)14-7-15-38-29/h3-6,8-13,16-17,26H,7,14-15H2,1-2H3,(H,32,36)(H2,33,34,37). The van der Waals surface area contributed by atoms with Crippen LogP contribution in [0, 0.1) is 6.92 Å². The highest BCUT2D eigenvalue weighted by Gasteiger charge is 2.37. The van der Waals surface area contributed by atoms with Crippen LogP contribution in [-0.4, -0.2) is 34.3 Å². The highest BCUT2D eigenvalue weighted by atomic mass is 35.5. The van der Waals surface area contributed by atoms with E-state index in [4.69, 9.17) is 16.6 Å². The molecule has 7 nitrogen and oxygen atoms in total. The van der Waals surface area contributed by atoms with Crippen LogP contribution in [0.2, 0.25) is 5.02 Å². The molecule has 38 heavy (non-hydrogen) atoms. The van der Waals surface area contributed by atoms with Crippen molar-refractivity contribution in [1.82, 2.24) is 4.90 Å². The van der Waals surface area contributed by atoms with Gasteiger partial charge in [0.15, 0.2) is 5.17 Å². The van der Waals surface area contributed by atoms with Crippen molar-refractivity contribution >= 4 is 57.5 Å². The third-order valence-electron chi connectivity index (χ3n) is 6.42. The number of hydrogen-bond acceptors (Lipinski definition) is 5. The first-order valence-corrected chi connectivity index (χ1v) is 13.7. The second-order valence-electron chi connectivity index (χ2n) is 9.18. The lowest BCUT2D eigenvalue weighted by atomic mass is 9.93. The Morgan fingerprint density at radius 2 is 1.66 bits per heavy atom. The fourth-order valence-electron chi connectivity index (χ4n) is 4.58. The molecule has 194 valence electrons. The molecule has 2 aliphatic heterocycles. The molecule has 1 fully saturated rings. The van der Waals surface area contributed by atoms with Crippen molar-refractivity contribution < 1.29 is 9.59 Å². The molecule has 1 saturated heterocycles. The summed E-state index contributed by atoms with van der Waals surface area (Å²) in [5, 5.41) is 10.3. The fourth-order valence-corrected chi connectivity index (χ4v) is 5.78. The first-order valence-electron chi connectivity index (χ1n) is 12.4. The molecule has 3 aromatic carbocycles. The molecule has 0 spiro atoms. The van der Waals surface area contributed by atoms with Crippen LogP contribution in [0.5, 0.6) is 0 Å². The summed E-state index contributed by atoms with van der Waals surface area (Å²) in [7, 11) is 0. The minimum Gasteiger partial charge on any atom is -0.340 e. The third kappa shape index (κ3) is 5.71. The zero-order valence-corrected chi connectivity index (χ0v) is 22.7. The van der Waals surface area contributed by atoms with E-state index in [0.717, 1.165) is 40.7 Å². The second kappa shape index (κ2) is 11.3. The van der Waals surface area contributed by atoms with Gasteiger partial charge in [-0.05, 0) is 67.8 Å². The maximum Gasteiger partial charge on any atom is 0.323 e. The molecule has 3 amide bonds. The number of nitrogens with one attached hydrogen (secondary N) is 3. The van der Waals surface area contributed by atoms with E-state index in [-0.39, 0.29) is 18.0 Å². The summed E-state index contributed by atoms with van der Waals surface area (Å²) in [6, 6.07) is 21.7. The lowest BCUT2D eigenvalue weighted by molar-refractivity contribution is -0.113. The largest absolute Gasteiger partial charge is 0.340 e. The predicted octanol–water partition coefficient (Wildman–Crippen LogP) is 7.05. The maximum atomic E-state index is 13.6. The highest BCUT2D eigenvalue weighted by Crippen LogP contribution is 2.40. The van der Waals surface area contributed by atoms with Gasteiger partial charge < -0.3 is 20.9 Å². The molecule has 1 atom stereocenters. The predicted molar refractivity (Wildman–Crippen MR) is 157 cm³/mol. The average Bonchev–Trinajstić information content (AvgIpc) is 2.90. The first kappa shape index (κ1) is 25.9. The van der Waals surface area contributed by atoms with Gasteiger partial charge in [0, 0.05) is 34.4 Å². The lowest BCUT2D eigenvalue weighted by Gasteiger charge is -2.41. The summed E-state index contributed by atoms with van der Waals surface area (Å²) in [6.07, 6.45) is 0.992. The topological polar surface area (TPSA) is 85.8 Å². The van der Waals surface area contributed by atoms with E-state index in [1.165, 1.54) is 0 Å². The Bertz CT molecular complexity index is 1440. The number of carbonyl (C=O) groups excluding carboxylic acids is 2. The van der Waals surface area contributed by atoms with E-state index in [1.807, 2.05) is 74.5 Å². The van der Waals surface area contributed by atoms with Crippen LogP contribution in [0.4, 0.5) is 21.9 Å².